The Morgan fingerprint density at radius 1 is 1.12 bits per heavy atom. The fourth-order valence-electron chi connectivity index (χ4n) is 3.89. The number of ether oxygens (including phenoxy) is 1. The zero-order valence-electron chi connectivity index (χ0n) is 16.1. The maximum absolute atomic E-state index is 5.54. The average molecular weight is 357 g/mol. The normalized spacial score (nSPS) is 16.9. The molecule has 0 spiro atoms. The number of hydrogen-bond donors (Lipinski definition) is 1. The average Bonchev–Trinajstić information content (AvgIpc) is 3.23. The van der Waals surface area contributed by atoms with Gasteiger partial charge in [0.25, 0.3) is 0 Å². The van der Waals surface area contributed by atoms with Gasteiger partial charge in [-0.25, -0.2) is 4.68 Å². The highest BCUT2D eigenvalue weighted by Gasteiger charge is 2.26. The van der Waals surface area contributed by atoms with Crippen molar-refractivity contribution < 1.29 is 4.74 Å². The van der Waals surface area contributed by atoms with Gasteiger partial charge < -0.3 is 10.1 Å². The molecule has 5 nitrogen and oxygen atoms in total. The fraction of sp³-hybridized carbons (Fsp3) is 0.571. The van der Waals surface area contributed by atoms with Crippen molar-refractivity contribution in [2.24, 2.45) is 5.92 Å². The molecule has 5 heteroatoms. The zero-order valence-corrected chi connectivity index (χ0v) is 16.1. The van der Waals surface area contributed by atoms with Crippen molar-refractivity contribution in [3.05, 3.63) is 48.3 Å². The maximum Gasteiger partial charge on any atom is 0.0645 e. The summed E-state index contributed by atoms with van der Waals surface area (Å²) in [6, 6.07) is 11.2. The minimum absolute atomic E-state index is 0.595. The molecule has 1 aromatic heterocycles. The van der Waals surface area contributed by atoms with E-state index in [9.17, 15) is 0 Å². The second-order valence-electron chi connectivity index (χ2n) is 7.04. The van der Waals surface area contributed by atoms with E-state index in [1.807, 2.05) is 16.9 Å². The lowest BCUT2D eigenvalue weighted by Gasteiger charge is -2.39. The van der Waals surface area contributed by atoms with E-state index in [0.717, 1.165) is 51.0 Å². The highest BCUT2D eigenvalue weighted by molar-refractivity contribution is 5.33. The summed E-state index contributed by atoms with van der Waals surface area (Å²) < 4.78 is 7.43. The summed E-state index contributed by atoms with van der Waals surface area (Å²) in [5, 5.41) is 7.97. The highest BCUT2D eigenvalue weighted by atomic mass is 16.5. The second kappa shape index (κ2) is 9.86. The predicted molar refractivity (Wildman–Crippen MR) is 106 cm³/mol. The third-order valence-corrected chi connectivity index (χ3v) is 5.50. The molecule has 1 atom stereocenters. The van der Waals surface area contributed by atoms with Gasteiger partial charge in [-0.15, -0.1) is 0 Å². The Morgan fingerprint density at radius 2 is 1.85 bits per heavy atom. The van der Waals surface area contributed by atoms with Crippen LogP contribution in [0.15, 0.2) is 42.7 Å². The first-order valence-electron chi connectivity index (χ1n) is 9.93. The van der Waals surface area contributed by atoms with Crippen LogP contribution >= 0.6 is 0 Å². The molecule has 0 aliphatic carbocycles. The molecule has 142 valence electrons. The van der Waals surface area contributed by atoms with Gasteiger partial charge in [-0.1, -0.05) is 38.8 Å². The van der Waals surface area contributed by atoms with E-state index in [1.54, 1.807) is 6.20 Å². The number of benzene rings is 1. The van der Waals surface area contributed by atoms with E-state index in [-0.39, 0.29) is 0 Å². The van der Waals surface area contributed by atoms with Gasteiger partial charge in [0.15, 0.2) is 0 Å². The van der Waals surface area contributed by atoms with Crippen molar-refractivity contribution in [2.45, 2.75) is 39.3 Å². The van der Waals surface area contributed by atoms with Crippen molar-refractivity contribution >= 4 is 0 Å². The summed E-state index contributed by atoms with van der Waals surface area (Å²) in [4.78, 5) is 2.62. The lowest BCUT2D eigenvalue weighted by atomic mass is 9.92. The van der Waals surface area contributed by atoms with E-state index in [1.165, 1.54) is 18.4 Å². The Labute approximate surface area is 157 Å². The van der Waals surface area contributed by atoms with E-state index in [2.05, 4.69) is 53.4 Å². The molecule has 0 bridgehead atoms. The molecule has 1 aromatic carbocycles. The molecule has 0 saturated carbocycles. The number of aromatic nitrogens is 2. The Morgan fingerprint density at radius 3 is 2.46 bits per heavy atom. The van der Waals surface area contributed by atoms with Crippen LogP contribution in [-0.4, -0.2) is 53.6 Å². The van der Waals surface area contributed by atoms with Crippen LogP contribution in [0.25, 0.3) is 5.69 Å². The SMILES string of the molecule is CCC(CC)[C@H](CNCc1ccc(-n2cccn2)cc1)N1CCOCC1. The van der Waals surface area contributed by atoms with Gasteiger partial charge in [0.05, 0.1) is 18.9 Å². The Kier molecular flexibility index (Phi) is 7.23. The first kappa shape index (κ1) is 19.1. The number of rotatable bonds is 9. The molecule has 0 unspecified atom stereocenters. The van der Waals surface area contributed by atoms with Gasteiger partial charge in [-0.2, -0.15) is 5.10 Å². The summed E-state index contributed by atoms with van der Waals surface area (Å²) in [6.45, 7) is 10.4. The second-order valence-corrected chi connectivity index (χ2v) is 7.04. The van der Waals surface area contributed by atoms with Crippen LogP contribution in [0.5, 0.6) is 0 Å². The molecule has 1 N–H and O–H groups in total. The summed E-state index contributed by atoms with van der Waals surface area (Å²) in [5.41, 5.74) is 2.41. The van der Waals surface area contributed by atoms with E-state index >= 15 is 0 Å². The largest absolute Gasteiger partial charge is 0.379 e. The van der Waals surface area contributed by atoms with Crippen LogP contribution in [0.3, 0.4) is 0 Å². The topological polar surface area (TPSA) is 42.3 Å². The van der Waals surface area contributed by atoms with Crippen molar-refractivity contribution in [3.63, 3.8) is 0 Å². The van der Waals surface area contributed by atoms with E-state index in [0.29, 0.717) is 6.04 Å². The molecule has 2 heterocycles. The monoisotopic (exact) mass is 356 g/mol. The number of morpholine rings is 1. The minimum Gasteiger partial charge on any atom is -0.379 e. The number of nitrogens with zero attached hydrogens (tertiary/aromatic N) is 3. The first-order valence-corrected chi connectivity index (χ1v) is 9.93. The molecule has 0 amide bonds. The summed E-state index contributed by atoms with van der Waals surface area (Å²) >= 11 is 0. The van der Waals surface area contributed by atoms with Gasteiger partial charge in [-0.3, -0.25) is 4.90 Å². The van der Waals surface area contributed by atoms with Gasteiger partial charge in [0.1, 0.15) is 0 Å². The van der Waals surface area contributed by atoms with Crippen LogP contribution in [0, 0.1) is 5.92 Å². The number of hydrogen-bond acceptors (Lipinski definition) is 4. The Balaban J connectivity index is 1.55. The van der Waals surface area contributed by atoms with Crippen LogP contribution in [0.4, 0.5) is 0 Å². The highest BCUT2D eigenvalue weighted by Crippen LogP contribution is 2.20. The third-order valence-electron chi connectivity index (χ3n) is 5.50. The molecule has 26 heavy (non-hydrogen) atoms. The van der Waals surface area contributed by atoms with Gasteiger partial charge in [0, 0.05) is 44.6 Å². The van der Waals surface area contributed by atoms with Crippen molar-refractivity contribution in [2.75, 3.05) is 32.8 Å². The van der Waals surface area contributed by atoms with Crippen molar-refractivity contribution in [1.29, 1.82) is 0 Å². The Hall–Kier alpha value is -1.69. The zero-order chi connectivity index (χ0) is 18.2. The molecule has 1 aliphatic heterocycles. The molecule has 1 aliphatic rings. The lowest BCUT2D eigenvalue weighted by Crippen LogP contribution is -2.51. The Bertz CT molecular complexity index is 616. The quantitative estimate of drug-likeness (QED) is 0.750. The molecular formula is C21H32N4O. The lowest BCUT2D eigenvalue weighted by molar-refractivity contribution is 0.00161. The van der Waals surface area contributed by atoms with Gasteiger partial charge >= 0.3 is 0 Å². The fourth-order valence-corrected chi connectivity index (χ4v) is 3.89. The van der Waals surface area contributed by atoms with Crippen LogP contribution in [-0.2, 0) is 11.3 Å². The third kappa shape index (κ3) is 4.93. The predicted octanol–water partition coefficient (Wildman–Crippen LogP) is 3.10. The molecule has 1 fully saturated rings. The summed E-state index contributed by atoms with van der Waals surface area (Å²) in [7, 11) is 0. The minimum atomic E-state index is 0.595. The standard InChI is InChI=1S/C21H32N4O/c1-3-19(4-2)21(24-12-14-26-15-13-24)17-22-16-18-6-8-20(9-7-18)25-11-5-10-23-25/h5-11,19,21-22H,3-4,12-17H2,1-2H3/t21-/m0/s1. The molecule has 2 aromatic rings. The van der Waals surface area contributed by atoms with Crippen molar-refractivity contribution in [3.8, 4) is 5.69 Å². The molecule has 0 radical (unpaired) electrons. The maximum atomic E-state index is 5.54. The van der Waals surface area contributed by atoms with Crippen molar-refractivity contribution in [1.82, 2.24) is 20.0 Å². The number of nitrogens with one attached hydrogen (secondary N) is 1. The van der Waals surface area contributed by atoms with E-state index < -0.39 is 0 Å². The molecule has 1 saturated heterocycles. The van der Waals surface area contributed by atoms with Crippen LogP contribution in [0.1, 0.15) is 32.3 Å². The van der Waals surface area contributed by atoms with Crippen LogP contribution < -0.4 is 5.32 Å². The van der Waals surface area contributed by atoms with Crippen LogP contribution in [0.2, 0.25) is 0 Å². The molecular weight excluding hydrogens is 324 g/mol. The molecule has 3 rings (SSSR count). The summed E-state index contributed by atoms with van der Waals surface area (Å²) in [6.07, 6.45) is 6.24. The smallest absolute Gasteiger partial charge is 0.0645 e. The van der Waals surface area contributed by atoms with E-state index in [4.69, 9.17) is 4.74 Å². The summed E-state index contributed by atoms with van der Waals surface area (Å²) in [5.74, 6) is 0.739. The van der Waals surface area contributed by atoms with Gasteiger partial charge in [-0.05, 0) is 29.7 Å². The first-order chi connectivity index (χ1) is 12.8. The van der Waals surface area contributed by atoms with Gasteiger partial charge in [0.2, 0.25) is 0 Å².